The highest BCUT2D eigenvalue weighted by atomic mass is 33.1. The summed E-state index contributed by atoms with van der Waals surface area (Å²) >= 11 is 1.50. The summed E-state index contributed by atoms with van der Waals surface area (Å²) in [6.07, 6.45) is 4.21. The number of ether oxygens (including phenoxy) is 1. The van der Waals surface area contributed by atoms with Crippen molar-refractivity contribution in [3.8, 4) is 0 Å². The predicted molar refractivity (Wildman–Crippen MR) is 111 cm³/mol. The van der Waals surface area contributed by atoms with Crippen molar-refractivity contribution < 1.29 is 9.53 Å². The van der Waals surface area contributed by atoms with Gasteiger partial charge in [-0.05, 0) is 45.6 Å². The Bertz CT molecular complexity index is 840. The molecule has 0 radical (unpaired) electrons. The molecule has 2 aromatic heterocycles. The van der Waals surface area contributed by atoms with Crippen LogP contribution in [-0.4, -0.2) is 26.9 Å². The molecule has 2 aromatic rings. The normalized spacial score (nSPS) is 18.3. The van der Waals surface area contributed by atoms with Crippen LogP contribution in [0.25, 0.3) is 10.2 Å². The van der Waals surface area contributed by atoms with E-state index in [4.69, 9.17) is 4.74 Å². The Hall–Kier alpha value is -0.990. The number of carbonyl (C=O) groups is 1. The molecule has 1 N–H and O–H groups in total. The van der Waals surface area contributed by atoms with Gasteiger partial charge in [-0.1, -0.05) is 28.0 Å². The Labute approximate surface area is 165 Å². The first-order chi connectivity index (χ1) is 12.5. The number of esters is 1. The van der Waals surface area contributed by atoms with E-state index in [0.717, 1.165) is 28.5 Å². The van der Waals surface area contributed by atoms with E-state index >= 15 is 0 Å². The van der Waals surface area contributed by atoms with Crippen LogP contribution in [0.5, 0.6) is 0 Å². The summed E-state index contributed by atoms with van der Waals surface area (Å²) < 4.78 is 5.47. The molecule has 3 rings (SSSR count). The lowest BCUT2D eigenvalue weighted by atomic mass is 10.1. The molecule has 8 heteroatoms. The van der Waals surface area contributed by atoms with Crippen LogP contribution < -0.4 is 5.56 Å². The highest BCUT2D eigenvalue weighted by Gasteiger charge is 2.19. The second-order valence-electron chi connectivity index (χ2n) is 6.62. The standard InChI is InChI=1S/C18H24N2O3S3/c1-10-12(3)25-18-15(10)17(22)19-16(20-18)11(2)23-14(21)7-5-4-6-13-8-9-24-26-13/h11,13H,4-9H2,1-3H3,(H,19,20,22)/t11-,13+/m1/s1. The maximum Gasteiger partial charge on any atom is 0.306 e. The smallest absolute Gasteiger partial charge is 0.306 e. The zero-order chi connectivity index (χ0) is 18.7. The van der Waals surface area contributed by atoms with Gasteiger partial charge >= 0.3 is 5.97 Å². The number of nitrogens with zero attached hydrogens (tertiary/aromatic N) is 1. The number of rotatable bonds is 7. The summed E-state index contributed by atoms with van der Waals surface area (Å²) in [7, 11) is 3.92. The highest BCUT2D eigenvalue weighted by Crippen LogP contribution is 2.39. The molecule has 5 nitrogen and oxygen atoms in total. The van der Waals surface area contributed by atoms with E-state index in [1.807, 2.05) is 35.4 Å². The van der Waals surface area contributed by atoms with E-state index in [0.29, 0.717) is 22.5 Å². The van der Waals surface area contributed by atoms with Gasteiger partial charge in [-0.15, -0.1) is 11.3 Å². The Morgan fingerprint density at radius 2 is 2.19 bits per heavy atom. The third kappa shape index (κ3) is 4.64. The minimum Gasteiger partial charge on any atom is -0.454 e. The topological polar surface area (TPSA) is 72.0 Å². The van der Waals surface area contributed by atoms with Gasteiger partial charge in [0.05, 0.1) is 5.39 Å². The number of hydrogen-bond donors (Lipinski definition) is 1. The molecule has 0 amide bonds. The fraction of sp³-hybridized carbons (Fsp3) is 0.611. The average Bonchev–Trinajstić information content (AvgIpc) is 3.20. The van der Waals surface area contributed by atoms with Crippen LogP contribution in [0.15, 0.2) is 4.79 Å². The second-order valence-corrected chi connectivity index (χ2v) is 10.6. The van der Waals surface area contributed by atoms with Crippen LogP contribution in [0.2, 0.25) is 0 Å². The predicted octanol–water partition coefficient (Wildman–Crippen LogP) is 4.92. The van der Waals surface area contributed by atoms with Gasteiger partial charge < -0.3 is 9.72 Å². The molecule has 0 saturated carbocycles. The molecule has 26 heavy (non-hydrogen) atoms. The molecule has 0 aliphatic carbocycles. The largest absolute Gasteiger partial charge is 0.454 e. The molecule has 0 unspecified atom stereocenters. The summed E-state index contributed by atoms with van der Waals surface area (Å²) in [5.41, 5.74) is 0.801. The van der Waals surface area contributed by atoms with Gasteiger partial charge in [-0.25, -0.2) is 4.98 Å². The van der Waals surface area contributed by atoms with Gasteiger partial charge in [0.2, 0.25) is 0 Å². The van der Waals surface area contributed by atoms with Crippen molar-refractivity contribution in [2.45, 2.75) is 64.2 Å². The molecule has 1 saturated heterocycles. The molecular formula is C18H24N2O3S3. The number of hydrogen-bond acceptors (Lipinski definition) is 7. The highest BCUT2D eigenvalue weighted by molar-refractivity contribution is 8.77. The lowest BCUT2D eigenvalue weighted by molar-refractivity contribution is -0.149. The van der Waals surface area contributed by atoms with Gasteiger partial charge in [-0.2, -0.15) is 0 Å². The van der Waals surface area contributed by atoms with Gasteiger partial charge in [-0.3, -0.25) is 9.59 Å². The Morgan fingerprint density at radius 3 is 2.92 bits per heavy atom. The lowest BCUT2D eigenvalue weighted by Crippen LogP contribution is -2.17. The fourth-order valence-electron chi connectivity index (χ4n) is 2.98. The van der Waals surface area contributed by atoms with Crippen LogP contribution in [0.1, 0.15) is 61.4 Å². The van der Waals surface area contributed by atoms with Gasteiger partial charge in [0, 0.05) is 22.3 Å². The molecule has 142 valence electrons. The number of aromatic amines is 1. The van der Waals surface area contributed by atoms with E-state index in [1.54, 1.807) is 6.92 Å². The van der Waals surface area contributed by atoms with Crippen LogP contribution >= 0.6 is 32.9 Å². The number of carbonyl (C=O) groups excluding carboxylic acids is 1. The first kappa shape index (κ1) is 19.8. The molecular weight excluding hydrogens is 388 g/mol. The quantitative estimate of drug-likeness (QED) is 0.395. The molecule has 0 bridgehead atoms. The van der Waals surface area contributed by atoms with Crippen LogP contribution in [0.3, 0.4) is 0 Å². The number of thiophene rings is 1. The fourth-order valence-corrected chi connectivity index (χ4v) is 7.05. The Kier molecular flexibility index (Phi) is 6.69. The maximum absolute atomic E-state index is 12.3. The van der Waals surface area contributed by atoms with Crippen molar-refractivity contribution in [2.24, 2.45) is 0 Å². The number of fused-ring (bicyclic) bond motifs is 1. The van der Waals surface area contributed by atoms with Crippen molar-refractivity contribution in [3.63, 3.8) is 0 Å². The monoisotopic (exact) mass is 412 g/mol. The second kappa shape index (κ2) is 8.80. The van der Waals surface area contributed by atoms with Gasteiger partial charge in [0.1, 0.15) is 4.83 Å². The molecule has 1 aliphatic rings. The van der Waals surface area contributed by atoms with Crippen molar-refractivity contribution in [1.29, 1.82) is 0 Å². The minimum absolute atomic E-state index is 0.165. The number of aromatic nitrogens is 2. The zero-order valence-electron chi connectivity index (χ0n) is 15.3. The lowest BCUT2D eigenvalue weighted by Gasteiger charge is -2.13. The first-order valence-electron chi connectivity index (χ1n) is 8.93. The Morgan fingerprint density at radius 1 is 1.38 bits per heavy atom. The van der Waals surface area contributed by atoms with Gasteiger partial charge in [0.15, 0.2) is 11.9 Å². The van der Waals surface area contributed by atoms with E-state index in [-0.39, 0.29) is 11.5 Å². The van der Waals surface area contributed by atoms with E-state index in [9.17, 15) is 9.59 Å². The van der Waals surface area contributed by atoms with E-state index < -0.39 is 6.10 Å². The molecule has 0 aromatic carbocycles. The molecule has 1 aliphatic heterocycles. The SMILES string of the molecule is Cc1sc2nc([C@@H](C)OC(=O)CCCC[C@H]3CCSS3)[nH]c(=O)c2c1C. The number of aryl methyl sites for hydroxylation is 2. The summed E-state index contributed by atoms with van der Waals surface area (Å²) in [5.74, 6) is 1.43. The molecule has 2 atom stereocenters. The zero-order valence-corrected chi connectivity index (χ0v) is 17.7. The first-order valence-corrected chi connectivity index (χ1v) is 12.1. The summed E-state index contributed by atoms with van der Waals surface area (Å²) in [4.78, 5) is 33.5. The molecule has 3 heterocycles. The van der Waals surface area contributed by atoms with Crippen LogP contribution in [0, 0.1) is 13.8 Å². The summed E-state index contributed by atoms with van der Waals surface area (Å²) in [6, 6.07) is 0. The van der Waals surface area contributed by atoms with Crippen LogP contribution in [0.4, 0.5) is 0 Å². The van der Waals surface area contributed by atoms with Crippen molar-refractivity contribution in [3.05, 3.63) is 26.6 Å². The maximum atomic E-state index is 12.3. The van der Waals surface area contributed by atoms with Crippen molar-refractivity contribution in [1.82, 2.24) is 9.97 Å². The Balaban J connectivity index is 1.53. The van der Waals surface area contributed by atoms with Crippen LogP contribution in [-0.2, 0) is 9.53 Å². The minimum atomic E-state index is -0.552. The van der Waals surface area contributed by atoms with Crippen molar-refractivity contribution in [2.75, 3.05) is 5.75 Å². The third-order valence-corrected chi connectivity index (χ3v) is 8.74. The van der Waals surface area contributed by atoms with E-state index in [1.165, 1.54) is 29.9 Å². The molecule has 0 spiro atoms. The average molecular weight is 413 g/mol. The molecule has 1 fully saturated rings. The van der Waals surface area contributed by atoms with Gasteiger partial charge in [0.25, 0.3) is 5.56 Å². The number of nitrogens with one attached hydrogen (secondary N) is 1. The number of H-pyrrole nitrogens is 1. The van der Waals surface area contributed by atoms with Crippen molar-refractivity contribution >= 4 is 49.1 Å². The summed E-state index contributed by atoms with van der Waals surface area (Å²) in [5, 5.41) is 1.38. The number of unbranched alkanes of at least 4 members (excludes halogenated alkanes) is 1. The van der Waals surface area contributed by atoms with E-state index in [2.05, 4.69) is 9.97 Å². The summed E-state index contributed by atoms with van der Waals surface area (Å²) in [6.45, 7) is 5.66. The third-order valence-electron chi connectivity index (χ3n) is 4.63.